The summed E-state index contributed by atoms with van der Waals surface area (Å²) < 4.78 is 5.62. The zero-order valence-corrected chi connectivity index (χ0v) is 35.5. The van der Waals surface area contributed by atoms with Crippen LogP contribution in [0.2, 0.25) is 5.02 Å². The van der Waals surface area contributed by atoms with Crippen LogP contribution in [0.25, 0.3) is 0 Å². The van der Waals surface area contributed by atoms with Gasteiger partial charge in [-0.1, -0.05) is 41.1 Å². The predicted molar refractivity (Wildman–Crippen MR) is 230 cm³/mol. The number of imide groups is 2. The van der Waals surface area contributed by atoms with Crippen LogP contribution < -0.4 is 31.5 Å². The molecule has 5 heterocycles. The van der Waals surface area contributed by atoms with Crippen LogP contribution in [-0.2, 0) is 23.9 Å². The predicted octanol–water partition coefficient (Wildman–Crippen LogP) is 3.27. The lowest BCUT2D eigenvalue weighted by atomic mass is 10.0. The molecule has 21 heteroatoms. The Balaban J connectivity index is 0.785. The van der Waals surface area contributed by atoms with Gasteiger partial charge in [-0.25, -0.2) is 15.0 Å². The molecule has 7 rings (SSSR count). The van der Waals surface area contributed by atoms with E-state index in [2.05, 4.69) is 46.4 Å². The zero-order chi connectivity index (χ0) is 43.9. The fraction of sp³-hybridized carbons (Fsp3) is 0.366. The van der Waals surface area contributed by atoms with Gasteiger partial charge in [-0.05, 0) is 44.0 Å². The maximum Gasteiger partial charge on any atom is 0.267 e. The van der Waals surface area contributed by atoms with Gasteiger partial charge in [-0.2, -0.15) is 0 Å². The van der Waals surface area contributed by atoms with Crippen molar-refractivity contribution in [3.05, 3.63) is 81.1 Å². The summed E-state index contributed by atoms with van der Waals surface area (Å²) in [6, 6.07) is 10.9. The molecular formula is C41H44ClN11O8S. The normalized spacial score (nSPS) is 16.2. The molecule has 5 N–H and O–H groups in total. The highest BCUT2D eigenvalue weighted by atomic mass is 35.5. The lowest BCUT2D eigenvalue weighted by molar-refractivity contribution is -0.136. The number of anilines is 5. The number of aromatic nitrogens is 3. The van der Waals surface area contributed by atoms with Crippen molar-refractivity contribution in [1.29, 1.82) is 0 Å². The van der Waals surface area contributed by atoms with E-state index in [1.54, 1.807) is 36.1 Å². The van der Waals surface area contributed by atoms with Gasteiger partial charge in [0.15, 0.2) is 5.13 Å². The number of carbonyl (C=O) groups is 7. The number of benzene rings is 2. The summed E-state index contributed by atoms with van der Waals surface area (Å²) in [5.74, 6) is -1.31. The number of piperazine rings is 1. The van der Waals surface area contributed by atoms with Gasteiger partial charge in [0.05, 0.1) is 41.2 Å². The molecular weight excluding hydrogens is 842 g/mol. The van der Waals surface area contributed by atoms with Gasteiger partial charge in [-0.15, -0.1) is 0 Å². The second kappa shape index (κ2) is 19.5. The molecule has 0 aliphatic carbocycles. The molecule has 62 heavy (non-hydrogen) atoms. The van der Waals surface area contributed by atoms with E-state index in [0.717, 1.165) is 10.5 Å². The number of rotatable bonds is 16. The Labute approximate surface area is 364 Å². The highest BCUT2D eigenvalue weighted by Gasteiger charge is 2.45. The van der Waals surface area contributed by atoms with Gasteiger partial charge < -0.3 is 35.8 Å². The number of piperidine rings is 1. The third-order valence-corrected chi connectivity index (χ3v) is 11.6. The van der Waals surface area contributed by atoms with Crippen molar-refractivity contribution in [2.45, 2.75) is 45.6 Å². The SMILES string of the molecule is Cc1nc(Nc2ncc(C(=O)Nc3c(C)cccc3Cl)s2)cc(N2CCN(C(=O)CCC(=O)NCCOCCNc3cccc4c3C(=O)N(C3CCC(=O)NC3=O)C4=O)CC2)n1. The first kappa shape index (κ1) is 43.6. The Morgan fingerprint density at radius 1 is 0.952 bits per heavy atom. The van der Waals surface area contributed by atoms with Crippen molar-refractivity contribution in [1.82, 2.24) is 35.4 Å². The minimum Gasteiger partial charge on any atom is -0.382 e. The lowest BCUT2D eigenvalue weighted by Gasteiger charge is -2.35. The maximum atomic E-state index is 13.3. The highest BCUT2D eigenvalue weighted by molar-refractivity contribution is 7.17. The fourth-order valence-electron chi connectivity index (χ4n) is 7.23. The van der Waals surface area contributed by atoms with Crippen LogP contribution >= 0.6 is 22.9 Å². The molecule has 3 aliphatic rings. The molecule has 0 saturated carbocycles. The topological polar surface area (TPSA) is 237 Å². The third kappa shape index (κ3) is 10.2. The molecule has 1 unspecified atom stereocenters. The van der Waals surface area contributed by atoms with E-state index in [0.29, 0.717) is 76.6 Å². The molecule has 19 nitrogen and oxygen atoms in total. The van der Waals surface area contributed by atoms with E-state index in [-0.39, 0.29) is 74.3 Å². The molecule has 2 saturated heterocycles. The Kier molecular flexibility index (Phi) is 13.7. The molecule has 2 aromatic heterocycles. The number of aryl methyl sites for hydroxylation is 2. The van der Waals surface area contributed by atoms with Crippen molar-refractivity contribution in [3.8, 4) is 0 Å². The minimum atomic E-state index is -1.05. The molecule has 1 atom stereocenters. The highest BCUT2D eigenvalue weighted by Crippen LogP contribution is 2.33. The Morgan fingerprint density at radius 3 is 2.50 bits per heavy atom. The number of carbonyl (C=O) groups excluding carboxylic acids is 7. The van der Waals surface area contributed by atoms with Crippen LogP contribution in [0.15, 0.2) is 48.7 Å². The third-order valence-electron chi connectivity index (χ3n) is 10.4. The maximum absolute atomic E-state index is 13.3. The number of nitrogens with zero attached hydrogens (tertiary/aromatic N) is 6. The van der Waals surface area contributed by atoms with E-state index in [9.17, 15) is 33.6 Å². The molecule has 4 aromatic rings. The summed E-state index contributed by atoms with van der Waals surface area (Å²) in [6.07, 6.45) is 1.68. The Hall–Kier alpha value is -6.51. The number of ether oxygens (including phenoxy) is 1. The van der Waals surface area contributed by atoms with Crippen molar-refractivity contribution >= 4 is 92.4 Å². The molecule has 0 bridgehead atoms. The number of halogens is 1. The van der Waals surface area contributed by atoms with Crippen LogP contribution in [0, 0.1) is 13.8 Å². The average Bonchev–Trinajstić information content (AvgIpc) is 3.82. The smallest absolute Gasteiger partial charge is 0.267 e. The second-order valence-corrected chi connectivity index (χ2v) is 16.1. The van der Waals surface area contributed by atoms with Gasteiger partial charge in [0.2, 0.25) is 23.6 Å². The fourth-order valence-corrected chi connectivity index (χ4v) is 8.21. The summed E-state index contributed by atoms with van der Waals surface area (Å²) in [6.45, 7) is 6.59. The monoisotopic (exact) mass is 885 g/mol. The van der Waals surface area contributed by atoms with Gasteiger partial charge >= 0.3 is 0 Å². The lowest BCUT2D eigenvalue weighted by Crippen LogP contribution is -2.54. The van der Waals surface area contributed by atoms with E-state index >= 15 is 0 Å². The van der Waals surface area contributed by atoms with E-state index in [4.69, 9.17) is 16.3 Å². The van der Waals surface area contributed by atoms with E-state index in [1.807, 2.05) is 19.1 Å². The van der Waals surface area contributed by atoms with Crippen molar-refractivity contribution in [2.24, 2.45) is 0 Å². The first-order valence-corrected chi connectivity index (χ1v) is 21.2. The summed E-state index contributed by atoms with van der Waals surface area (Å²) >= 11 is 7.45. The number of nitrogens with one attached hydrogen (secondary N) is 5. The van der Waals surface area contributed by atoms with E-state index < -0.39 is 29.7 Å². The summed E-state index contributed by atoms with van der Waals surface area (Å²) in [4.78, 5) is 107. The standard InChI is InChI=1S/C41H44ClN11O8S/c1-23-5-3-7-26(42)36(23)50-38(58)29-22-45-41(62-29)48-30-21-31(47-24(2)46-30)51-15-17-52(18-16-51)34(56)12-11-32(54)44-14-20-61-19-13-43-27-8-4-6-25-35(27)40(60)53(39(25)59)28-9-10-33(55)49-37(28)57/h3-8,21-22,28,43H,9-20H2,1-2H3,(H,44,54)(H,50,58)(H,49,55,57)(H,45,46,47,48). The molecule has 0 radical (unpaired) electrons. The van der Waals surface area contributed by atoms with E-state index in [1.165, 1.54) is 23.6 Å². The number of hydrogen-bond donors (Lipinski definition) is 5. The Morgan fingerprint density at radius 2 is 1.73 bits per heavy atom. The molecule has 324 valence electrons. The van der Waals surface area contributed by atoms with Crippen molar-refractivity contribution in [3.63, 3.8) is 0 Å². The van der Waals surface area contributed by atoms with Crippen molar-refractivity contribution < 1.29 is 38.3 Å². The number of hydrogen-bond acceptors (Lipinski definition) is 15. The quantitative estimate of drug-likeness (QED) is 0.0803. The van der Waals surface area contributed by atoms with Crippen LogP contribution in [0.3, 0.4) is 0 Å². The number of para-hydroxylation sites is 1. The number of thiazole rings is 1. The van der Waals surface area contributed by atoms with Crippen LogP contribution in [-0.4, -0.2) is 125 Å². The molecule has 2 fully saturated rings. The summed E-state index contributed by atoms with van der Waals surface area (Å²) in [5.41, 5.74) is 2.14. The van der Waals surface area contributed by atoms with Gasteiger partial charge in [0, 0.05) is 70.3 Å². The first-order chi connectivity index (χ1) is 29.9. The van der Waals surface area contributed by atoms with Gasteiger partial charge in [0.1, 0.15) is 28.4 Å². The number of fused-ring (bicyclic) bond motifs is 1. The minimum absolute atomic E-state index is 0.0300. The Bertz CT molecular complexity index is 2400. The van der Waals surface area contributed by atoms with Crippen molar-refractivity contribution in [2.75, 3.05) is 73.3 Å². The summed E-state index contributed by atoms with van der Waals surface area (Å²) in [5, 5.41) is 15.0. The molecule has 0 spiro atoms. The van der Waals surface area contributed by atoms with Gasteiger partial charge in [-0.3, -0.25) is 43.8 Å². The molecule has 7 amide bonds. The van der Waals surface area contributed by atoms with Gasteiger partial charge in [0.25, 0.3) is 17.7 Å². The van der Waals surface area contributed by atoms with Crippen LogP contribution in [0.1, 0.15) is 67.5 Å². The number of amides is 7. The largest absolute Gasteiger partial charge is 0.382 e. The summed E-state index contributed by atoms with van der Waals surface area (Å²) in [7, 11) is 0. The zero-order valence-electron chi connectivity index (χ0n) is 33.9. The molecule has 2 aromatic carbocycles. The second-order valence-electron chi connectivity index (χ2n) is 14.6. The average molecular weight is 886 g/mol. The molecule has 3 aliphatic heterocycles. The van der Waals surface area contributed by atoms with Crippen LogP contribution in [0.4, 0.5) is 28.1 Å². The first-order valence-electron chi connectivity index (χ1n) is 20.0. The van der Waals surface area contributed by atoms with Crippen LogP contribution in [0.5, 0.6) is 0 Å².